The maximum Gasteiger partial charge on any atom is 0.295 e. The van der Waals surface area contributed by atoms with Crippen molar-refractivity contribution >= 4 is 17.4 Å². The number of hydrogen-bond acceptors (Lipinski definition) is 11. The fraction of sp³-hybridized carbons (Fsp3) is 0.267. The Morgan fingerprint density at radius 2 is 1.52 bits per heavy atom. The number of benzene rings is 3. The third-order valence-electron chi connectivity index (χ3n) is 7.46. The second-order valence-electron chi connectivity index (χ2n) is 9.74. The smallest absolute Gasteiger partial charge is 0.295 e. The van der Waals surface area contributed by atoms with E-state index in [1.807, 2.05) is 0 Å². The van der Waals surface area contributed by atoms with E-state index in [-0.39, 0.29) is 48.5 Å². The number of fused-ring (bicyclic) bond motifs is 3. The molecular weight excluding hydrogens is 550 g/mol. The molecule has 4 heterocycles. The van der Waals surface area contributed by atoms with Crippen LogP contribution in [0.5, 0.6) is 46.0 Å². The van der Waals surface area contributed by atoms with E-state index >= 15 is 0 Å². The van der Waals surface area contributed by atoms with Gasteiger partial charge in [-0.1, -0.05) is 6.07 Å². The number of aliphatic hydroxyl groups is 1. The van der Waals surface area contributed by atoms with Gasteiger partial charge in [0.2, 0.25) is 25.1 Å². The third kappa shape index (κ3) is 3.98. The van der Waals surface area contributed by atoms with Crippen molar-refractivity contribution in [1.29, 1.82) is 0 Å². The van der Waals surface area contributed by atoms with Crippen LogP contribution in [0.1, 0.15) is 22.7 Å². The number of amides is 1. The fourth-order valence-corrected chi connectivity index (χ4v) is 5.55. The van der Waals surface area contributed by atoms with E-state index in [2.05, 4.69) is 0 Å². The van der Waals surface area contributed by atoms with Crippen molar-refractivity contribution in [2.45, 2.75) is 12.6 Å². The first-order chi connectivity index (χ1) is 20.5. The van der Waals surface area contributed by atoms with E-state index in [1.54, 1.807) is 42.5 Å². The SMILES string of the molecule is COc1cc(C2C(=C(O)c3ccc4c(c3)OCCO4)C(=O)C(=O)N2Cc2ccc3c(c2)OCO3)c(OC)c2c1OCO2. The Kier molecular flexibility index (Phi) is 6.10. The molecule has 0 aromatic heterocycles. The molecule has 3 aromatic carbocycles. The van der Waals surface area contributed by atoms with Crippen LogP contribution in [-0.4, -0.2) is 62.7 Å². The van der Waals surface area contributed by atoms with Crippen LogP contribution in [0.4, 0.5) is 0 Å². The third-order valence-corrected chi connectivity index (χ3v) is 7.46. The highest BCUT2D eigenvalue weighted by Gasteiger charge is 2.48. The summed E-state index contributed by atoms with van der Waals surface area (Å²) in [5.74, 6) is 1.11. The van der Waals surface area contributed by atoms with Gasteiger partial charge >= 0.3 is 0 Å². The number of methoxy groups -OCH3 is 2. The van der Waals surface area contributed by atoms with Crippen molar-refractivity contribution in [2.75, 3.05) is 41.0 Å². The molecule has 0 radical (unpaired) electrons. The molecule has 0 spiro atoms. The standard InChI is InChI=1S/C30H25NO11/c1-35-22-11-17(27(36-2)29-28(22)41-14-42-29)24-23(25(32)16-4-6-18-21(10-16)38-8-7-37-18)26(33)30(34)31(24)12-15-3-5-19-20(9-15)40-13-39-19/h3-6,9-11,24,32H,7-8,12-14H2,1-2H3. The number of rotatable bonds is 6. The van der Waals surface area contributed by atoms with E-state index in [9.17, 15) is 14.7 Å². The topological polar surface area (TPSA) is 131 Å². The van der Waals surface area contributed by atoms with Crippen molar-refractivity contribution in [3.63, 3.8) is 0 Å². The summed E-state index contributed by atoms with van der Waals surface area (Å²) in [5, 5.41) is 11.7. The number of carbonyl (C=O) groups excluding carboxylic acids is 2. The molecule has 42 heavy (non-hydrogen) atoms. The van der Waals surface area contributed by atoms with Gasteiger partial charge in [-0.2, -0.15) is 0 Å². The van der Waals surface area contributed by atoms with Gasteiger partial charge in [-0.25, -0.2) is 0 Å². The van der Waals surface area contributed by atoms with Gasteiger partial charge < -0.3 is 47.9 Å². The quantitative estimate of drug-likeness (QED) is 0.263. The van der Waals surface area contributed by atoms with E-state index < -0.39 is 17.7 Å². The molecule has 0 aliphatic carbocycles. The highest BCUT2D eigenvalue weighted by Crippen LogP contribution is 2.54. The molecule has 7 rings (SSSR count). The monoisotopic (exact) mass is 575 g/mol. The number of ether oxygens (including phenoxy) is 8. The number of ketones is 1. The first-order valence-electron chi connectivity index (χ1n) is 13.1. The Labute approximate surface area is 239 Å². The van der Waals surface area contributed by atoms with E-state index in [0.717, 1.165) is 0 Å². The van der Waals surface area contributed by atoms with Gasteiger partial charge in [0.1, 0.15) is 19.0 Å². The Bertz CT molecular complexity index is 1660. The molecule has 1 unspecified atom stereocenters. The second kappa shape index (κ2) is 9.98. The van der Waals surface area contributed by atoms with E-state index in [0.29, 0.717) is 58.8 Å². The van der Waals surface area contributed by atoms with Crippen LogP contribution < -0.4 is 37.9 Å². The predicted octanol–water partition coefficient (Wildman–Crippen LogP) is 3.55. The predicted molar refractivity (Wildman–Crippen MR) is 144 cm³/mol. The van der Waals surface area contributed by atoms with Gasteiger partial charge in [0.25, 0.3) is 11.7 Å². The minimum absolute atomic E-state index is 0.00368. The first kappa shape index (κ1) is 25.7. The largest absolute Gasteiger partial charge is 0.507 e. The van der Waals surface area contributed by atoms with E-state index in [4.69, 9.17) is 37.9 Å². The molecular formula is C30H25NO11. The van der Waals surface area contributed by atoms with E-state index in [1.165, 1.54) is 19.1 Å². The first-order valence-corrected chi connectivity index (χ1v) is 13.1. The van der Waals surface area contributed by atoms with Crippen molar-refractivity contribution < 1.29 is 52.6 Å². The Morgan fingerprint density at radius 3 is 2.33 bits per heavy atom. The lowest BCUT2D eigenvalue weighted by Gasteiger charge is -2.27. The Hall–Kier alpha value is -5.26. The molecule has 1 saturated heterocycles. The zero-order valence-electron chi connectivity index (χ0n) is 22.6. The summed E-state index contributed by atoms with van der Waals surface area (Å²) in [7, 11) is 2.91. The summed E-state index contributed by atoms with van der Waals surface area (Å²) in [4.78, 5) is 28.8. The molecule has 0 bridgehead atoms. The summed E-state index contributed by atoms with van der Waals surface area (Å²) >= 11 is 0. The Morgan fingerprint density at radius 1 is 0.833 bits per heavy atom. The minimum atomic E-state index is -1.10. The van der Waals surface area contributed by atoms with Gasteiger partial charge in [-0.15, -0.1) is 0 Å². The molecule has 4 aliphatic heterocycles. The summed E-state index contributed by atoms with van der Waals surface area (Å²) in [6.07, 6.45) is 0. The van der Waals surface area contributed by atoms with Crippen molar-refractivity contribution in [1.82, 2.24) is 4.90 Å². The summed E-state index contributed by atoms with van der Waals surface area (Å²) in [6.45, 7) is 0.761. The maximum absolute atomic E-state index is 13.7. The van der Waals surface area contributed by atoms with Crippen molar-refractivity contribution in [2.24, 2.45) is 0 Å². The van der Waals surface area contributed by atoms with Crippen molar-refractivity contribution in [3.8, 4) is 46.0 Å². The number of nitrogens with zero attached hydrogens (tertiary/aromatic N) is 1. The molecule has 1 amide bonds. The molecule has 4 aliphatic rings. The van der Waals surface area contributed by atoms with Crippen LogP contribution in [0.3, 0.4) is 0 Å². The van der Waals surface area contributed by atoms with Gasteiger partial charge in [-0.3, -0.25) is 9.59 Å². The number of hydrogen-bond donors (Lipinski definition) is 1. The molecule has 1 fully saturated rings. The zero-order valence-corrected chi connectivity index (χ0v) is 22.6. The second-order valence-corrected chi connectivity index (χ2v) is 9.74. The average molecular weight is 576 g/mol. The van der Waals surface area contributed by atoms with Crippen LogP contribution in [0, 0.1) is 0 Å². The highest BCUT2D eigenvalue weighted by atomic mass is 16.7. The number of Topliss-reactive ketones (excluding diaryl/α,β-unsaturated/α-hetero) is 1. The van der Waals surface area contributed by atoms with Crippen LogP contribution in [0.2, 0.25) is 0 Å². The van der Waals surface area contributed by atoms with Gasteiger partial charge in [0, 0.05) is 17.7 Å². The highest BCUT2D eigenvalue weighted by molar-refractivity contribution is 6.46. The molecule has 1 atom stereocenters. The maximum atomic E-state index is 13.7. The number of aliphatic hydroxyl groups excluding tert-OH is 1. The van der Waals surface area contributed by atoms with Crippen molar-refractivity contribution in [3.05, 3.63) is 64.7 Å². The van der Waals surface area contributed by atoms with Gasteiger partial charge in [0.15, 0.2) is 34.5 Å². The van der Waals surface area contributed by atoms with Crippen LogP contribution in [0.15, 0.2) is 48.0 Å². The van der Waals surface area contributed by atoms with Crippen LogP contribution >= 0.6 is 0 Å². The zero-order chi connectivity index (χ0) is 29.0. The number of carbonyl (C=O) groups is 2. The molecule has 0 saturated carbocycles. The average Bonchev–Trinajstić information content (AvgIpc) is 3.75. The number of likely N-dealkylation sites (tertiary alicyclic amines) is 1. The molecule has 216 valence electrons. The lowest BCUT2D eigenvalue weighted by atomic mass is 9.93. The van der Waals surface area contributed by atoms with Gasteiger partial charge in [0.05, 0.1) is 25.8 Å². The minimum Gasteiger partial charge on any atom is -0.507 e. The summed E-state index contributed by atoms with van der Waals surface area (Å²) in [6, 6.07) is 10.6. The Balaban J connectivity index is 1.41. The lowest BCUT2D eigenvalue weighted by molar-refractivity contribution is -0.140. The lowest BCUT2D eigenvalue weighted by Crippen LogP contribution is -2.29. The summed E-state index contributed by atoms with van der Waals surface area (Å²) < 4.78 is 44.8. The molecule has 12 nitrogen and oxygen atoms in total. The van der Waals surface area contributed by atoms with Crippen LogP contribution in [0.25, 0.3) is 5.76 Å². The van der Waals surface area contributed by atoms with Crippen LogP contribution in [-0.2, 0) is 16.1 Å². The summed E-state index contributed by atoms with van der Waals surface area (Å²) in [5.41, 5.74) is 1.17. The fourth-order valence-electron chi connectivity index (χ4n) is 5.55. The molecule has 1 N–H and O–H groups in total. The molecule has 12 heteroatoms. The van der Waals surface area contributed by atoms with Gasteiger partial charge in [-0.05, 0) is 42.0 Å². The molecule has 3 aromatic rings. The normalized spacial score (nSPS) is 19.3.